The average Bonchev–Trinajstić information content (AvgIpc) is 2.62. The quantitative estimate of drug-likeness (QED) is 0.783. The minimum atomic E-state index is 0.219. The van der Waals surface area contributed by atoms with Gasteiger partial charge in [-0.2, -0.15) is 0 Å². The second kappa shape index (κ2) is 6.93. The van der Waals surface area contributed by atoms with E-state index in [1.54, 1.807) is 0 Å². The molecule has 0 aromatic carbocycles. The molecule has 2 atom stereocenters. The van der Waals surface area contributed by atoms with E-state index in [0.29, 0.717) is 24.9 Å². The Kier molecular flexibility index (Phi) is 6.06. The Bertz CT molecular complexity index is 317. The van der Waals surface area contributed by atoms with Gasteiger partial charge in [0.2, 0.25) is 5.91 Å². The van der Waals surface area contributed by atoms with Crippen LogP contribution in [0, 0.1) is 16.7 Å². The summed E-state index contributed by atoms with van der Waals surface area (Å²) < 4.78 is 0. The second-order valence-corrected chi connectivity index (χ2v) is 8.18. The van der Waals surface area contributed by atoms with E-state index in [4.69, 9.17) is 5.73 Å². The Balaban J connectivity index is 2.42. The maximum atomic E-state index is 12.2. The maximum absolute atomic E-state index is 12.2. The van der Waals surface area contributed by atoms with Gasteiger partial charge in [0.1, 0.15) is 0 Å². The van der Waals surface area contributed by atoms with Crippen molar-refractivity contribution in [1.82, 2.24) is 5.32 Å². The van der Waals surface area contributed by atoms with E-state index in [1.165, 1.54) is 12.8 Å². The van der Waals surface area contributed by atoms with Gasteiger partial charge in [0, 0.05) is 12.5 Å². The monoisotopic (exact) mass is 282 g/mol. The predicted molar refractivity (Wildman–Crippen MR) is 85.4 cm³/mol. The smallest absolute Gasteiger partial charge is 0.220 e. The molecule has 0 radical (unpaired) electrons. The van der Waals surface area contributed by atoms with Crippen LogP contribution in [-0.2, 0) is 4.79 Å². The summed E-state index contributed by atoms with van der Waals surface area (Å²) in [4.78, 5) is 12.2. The molecule has 0 saturated heterocycles. The summed E-state index contributed by atoms with van der Waals surface area (Å²) in [7, 11) is 0. The molecule has 0 aromatic rings. The average molecular weight is 282 g/mol. The van der Waals surface area contributed by atoms with Crippen LogP contribution in [-0.4, -0.2) is 18.5 Å². The van der Waals surface area contributed by atoms with Gasteiger partial charge in [-0.15, -0.1) is 0 Å². The van der Waals surface area contributed by atoms with Crippen LogP contribution in [0.3, 0.4) is 0 Å². The molecule has 1 saturated carbocycles. The molecular formula is C17H34N2O. The minimum Gasteiger partial charge on any atom is -0.353 e. The van der Waals surface area contributed by atoms with Gasteiger partial charge in [0.15, 0.2) is 0 Å². The standard InChI is InChI=1S/C17H34N2O/c1-16(2,3)13(10-12-18)8-9-15(20)19-14-7-6-11-17(14,4)5/h13-14H,6-12,18H2,1-5H3,(H,19,20). The van der Waals surface area contributed by atoms with Crippen LogP contribution >= 0.6 is 0 Å². The summed E-state index contributed by atoms with van der Waals surface area (Å²) in [5.74, 6) is 0.742. The lowest BCUT2D eigenvalue weighted by molar-refractivity contribution is -0.122. The number of hydrogen-bond acceptors (Lipinski definition) is 2. The van der Waals surface area contributed by atoms with Gasteiger partial charge in [0.25, 0.3) is 0 Å². The number of nitrogens with two attached hydrogens (primary N) is 1. The van der Waals surface area contributed by atoms with Crippen molar-refractivity contribution in [1.29, 1.82) is 0 Å². The Hall–Kier alpha value is -0.570. The van der Waals surface area contributed by atoms with Crippen molar-refractivity contribution in [3.8, 4) is 0 Å². The number of rotatable bonds is 6. The summed E-state index contributed by atoms with van der Waals surface area (Å²) in [5, 5.41) is 3.25. The Morgan fingerprint density at radius 2 is 2.00 bits per heavy atom. The Morgan fingerprint density at radius 1 is 1.35 bits per heavy atom. The fourth-order valence-electron chi connectivity index (χ4n) is 3.38. The molecule has 1 aliphatic carbocycles. The van der Waals surface area contributed by atoms with E-state index < -0.39 is 0 Å². The lowest BCUT2D eigenvalue weighted by Crippen LogP contribution is -2.41. The highest BCUT2D eigenvalue weighted by Crippen LogP contribution is 2.37. The van der Waals surface area contributed by atoms with Gasteiger partial charge in [-0.05, 0) is 49.0 Å². The van der Waals surface area contributed by atoms with Crippen LogP contribution in [0.5, 0.6) is 0 Å². The highest BCUT2D eigenvalue weighted by atomic mass is 16.1. The van der Waals surface area contributed by atoms with Crippen LogP contribution in [0.15, 0.2) is 0 Å². The van der Waals surface area contributed by atoms with E-state index in [0.717, 1.165) is 19.3 Å². The fourth-order valence-corrected chi connectivity index (χ4v) is 3.38. The van der Waals surface area contributed by atoms with Crippen molar-refractivity contribution >= 4 is 5.91 Å². The third kappa shape index (κ3) is 5.08. The van der Waals surface area contributed by atoms with Gasteiger partial charge in [-0.1, -0.05) is 41.0 Å². The largest absolute Gasteiger partial charge is 0.353 e. The molecule has 0 heterocycles. The molecule has 0 bridgehead atoms. The number of nitrogens with one attached hydrogen (secondary N) is 1. The highest BCUT2D eigenvalue weighted by molar-refractivity contribution is 5.76. The van der Waals surface area contributed by atoms with E-state index in [2.05, 4.69) is 39.9 Å². The predicted octanol–water partition coefficient (Wildman–Crippen LogP) is 3.47. The minimum absolute atomic E-state index is 0.219. The van der Waals surface area contributed by atoms with Gasteiger partial charge >= 0.3 is 0 Å². The first-order valence-electron chi connectivity index (χ1n) is 8.16. The zero-order valence-electron chi connectivity index (χ0n) is 14.1. The summed E-state index contributed by atoms with van der Waals surface area (Å²) in [5.41, 5.74) is 6.19. The number of hydrogen-bond donors (Lipinski definition) is 2. The number of carbonyl (C=O) groups is 1. The molecule has 1 rings (SSSR count). The Labute approximate surface area is 125 Å². The third-order valence-electron chi connectivity index (χ3n) is 5.05. The van der Waals surface area contributed by atoms with Gasteiger partial charge in [-0.25, -0.2) is 0 Å². The van der Waals surface area contributed by atoms with Crippen molar-refractivity contribution in [3.05, 3.63) is 0 Å². The number of amides is 1. The number of carbonyl (C=O) groups excluding carboxylic acids is 1. The Morgan fingerprint density at radius 3 is 2.45 bits per heavy atom. The molecule has 0 aliphatic heterocycles. The molecule has 3 heteroatoms. The summed E-state index contributed by atoms with van der Waals surface area (Å²) in [6, 6.07) is 0.359. The zero-order chi connectivity index (χ0) is 15.4. The lowest BCUT2D eigenvalue weighted by Gasteiger charge is -2.31. The van der Waals surface area contributed by atoms with Crippen molar-refractivity contribution in [2.45, 2.75) is 79.2 Å². The molecule has 3 N–H and O–H groups in total. The van der Waals surface area contributed by atoms with Gasteiger partial charge in [-0.3, -0.25) is 4.79 Å². The van der Waals surface area contributed by atoms with Gasteiger partial charge in [0.05, 0.1) is 0 Å². The van der Waals surface area contributed by atoms with E-state index in [-0.39, 0.29) is 16.7 Å². The summed E-state index contributed by atoms with van der Waals surface area (Å²) in [6.45, 7) is 12.0. The molecule has 2 unspecified atom stereocenters. The molecule has 1 fully saturated rings. The molecular weight excluding hydrogens is 248 g/mol. The first-order chi connectivity index (χ1) is 9.16. The normalized spacial score (nSPS) is 23.6. The van der Waals surface area contributed by atoms with Crippen LogP contribution in [0.4, 0.5) is 0 Å². The van der Waals surface area contributed by atoms with Crippen LogP contribution < -0.4 is 11.1 Å². The molecule has 1 amide bonds. The van der Waals surface area contributed by atoms with Crippen LogP contribution in [0.1, 0.15) is 73.1 Å². The molecule has 20 heavy (non-hydrogen) atoms. The zero-order valence-corrected chi connectivity index (χ0v) is 14.1. The molecule has 0 aromatic heterocycles. The van der Waals surface area contributed by atoms with Crippen molar-refractivity contribution in [2.24, 2.45) is 22.5 Å². The van der Waals surface area contributed by atoms with Crippen molar-refractivity contribution in [3.63, 3.8) is 0 Å². The first kappa shape index (κ1) is 17.5. The van der Waals surface area contributed by atoms with Crippen molar-refractivity contribution in [2.75, 3.05) is 6.54 Å². The summed E-state index contributed by atoms with van der Waals surface area (Å²) >= 11 is 0. The molecule has 1 aliphatic rings. The van der Waals surface area contributed by atoms with E-state index >= 15 is 0 Å². The van der Waals surface area contributed by atoms with Crippen LogP contribution in [0.2, 0.25) is 0 Å². The highest BCUT2D eigenvalue weighted by Gasteiger charge is 2.35. The maximum Gasteiger partial charge on any atom is 0.220 e. The van der Waals surface area contributed by atoms with E-state index in [9.17, 15) is 4.79 Å². The molecule has 118 valence electrons. The second-order valence-electron chi connectivity index (χ2n) is 8.18. The summed E-state index contributed by atoms with van der Waals surface area (Å²) in [6.07, 6.45) is 6.16. The van der Waals surface area contributed by atoms with Crippen LogP contribution in [0.25, 0.3) is 0 Å². The molecule has 3 nitrogen and oxygen atoms in total. The third-order valence-corrected chi connectivity index (χ3v) is 5.05. The van der Waals surface area contributed by atoms with E-state index in [1.807, 2.05) is 0 Å². The molecule has 0 spiro atoms. The van der Waals surface area contributed by atoms with Gasteiger partial charge < -0.3 is 11.1 Å². The first-order valence-corrected chi connectivity index (χ1v) is 8.16. The fraction of sp³-hybridized carbons (Fsp3) is 0.941. The topological polar surface area (TPSA) is 55.1 Å². The van der Waals surface area contributed by atoms with Crippen molar-refractivity contribution < 1.29 is 4.79 Å². The lowest BCUT2D eigenvalue weighted by atomic mass is 9.76. The SMILES string of the molecule is CC(C)(C)C(CCN)CCC(=O)NC1CCCC1(C)C.